The number of carboxylic acids is 1. The summed E-state index contributed by atoms with van der Waals surface area (Å²) < 4.78 is 0. The van der Waals surface area contributed by atoms with E-state index in [0.717, 1.165) is 12.8 Å². The lowest BCUT2D eigenvalue weighted by Gasteiger charge is -2.27. The SMILES string of the molecule is C=CC1CCCC(CC(=C)C(=O)O)C1. The monoisotopic (exact) mass is 194 g/mol. The molecule has 2 unspecified atom stereocenters. The largest absolute Gasteiger partial charge is 0.478 e. The highest BCUT2D eigenvalue weighted by molar-refractivity contribution is 5.85. The molecule has 0 heterocycles. The zero-order valence-electron chi connectivity index (χ0n) is 8.54. The normalized spacial score (nSPS) is 26.9. The molecule has 14 heavy (non-hydrogen) atoms. The Morgan fingerprint density at radius 1 is 1.50 bits per heavy atom. The van der Waals surface area contributed by atoms with Gasteiger partial charge in [0.05, 0.1) is 0 Å². The van der Waals surface area contributed by atoms with Crippen LogP contribution in [0.2, 0.25) is 0 Å². The third-order valence-electron chi connectivity index (χ3n) is 2.99. The molecule has 0 radical (unpaired) electrons. The Labute approximate surface area is 85.3 Å². The fourth-order valence-electron chi connectivity index (χ4n) is 2.17. The van der Waals surface area contributed by atoms with Crippen LogP contribution in [0, 0.1) is 11.8 Å². The van der Waals surface area contributed by atoms with Gasteiger partial charge in [-0.3, -0.25) is 0 Å². The second-order valence-electron chi connectivity index (χ2n) is 4.14. The zero-order valence-corrected chi connectivity index (χ0v) is 8.54. The summed E-state index contributed by atoms with van der Waals surface area (Å²) in [7, 11) is 0. The standard InChI is InChI=1S/C12H18O2/c1-3-10-5-4-6-11(8-10)7-9(2)12(13)14/h3,10-11H,1-2,4-8H2,(H,13,14). The molecule has 1 fully saturated rings. The maximum atomic E-state index is 10.6. The molecule has 1 rings (SSSR count). The van der Waals surface area contributed by atoms with E-state index in [1.165, 1.54) is 12.8 Å². The van der Waals surface area contributed by atoms with Gasteiger partial charge < -0.3 is 5.11 Å². The van der Waals surface area contributed by atoms with Crippen molar-refractivity contribution in [3.8, 4) is 0 Å². The van der Waals surface area contributed by atoms with Crippen molar-refractivity contribution in [3.63, 3.8) is 0 Å². The molecule has 0 amide bonds. The molecule has 2 nitrogen and oxygen atoms in total. The molecule has 1 aliphatic carbocycles. The van der Waals surface area contributed by atoms with Crippen LogP contribution in [0.3, 0.4) is 0 Å². The maximum absolute atomic E-state index is 10.6. The summed E-state index contributed by atoms with van der Waals surface area (Å²) >= 11 is 0. The Bertz CT molecular complexity index is 243. The van der Waals surface area contributed by atoms with Gasteiger partial charge in [-0.2, -0.15) is 0 Å². The lowest BCUT2D eigenvalue weighted by atomic mass is 9.79. The van der Waals surface area contributed by atoms with Crippen LogP contribution in [0.25, 0.3) is 0 Å². The van der Waals surface area contributed by atoms with Crippen LogP contribution in [-0.2, 0) is 4.79 Å². The van der Waals surface area contributed by atoms with Crippen LogP contribution in [-0.4, -0.2) is 11.1 Å². The summed E-state index contributed by atoms with van der Waals surface area (Å²) in [6, 6.07) is 0. The Morgan fingerprint density at radius 2 is 2.21 bits per heavy atom. The average Bonchev–Trinajstić information content (AvgIpc) is 2.18. The number of carbonyl (C=O) groups is 1. The Hall–Kier alpha value is -1.05. The van der Waals surface area contributed by atoms with E-state index in [0.29, 0.717) is 23.8 Å². The summed E-state index contributed by atoms with van der Waals surface area (Å²) in [5.41, 5.74) is 0.347. The van der Waals surface area contributed by atoms with Gasteiger partial charge in [-0.1, -0.05) is 25.5 Å². The van der Waals surface area contributed by atoms with Crippen molar-refractivity contribution in [2.45, 2.75) is 32.1 Å². The van der Waals surface area contributed by atoms with Crippen molar-refractivity contribution in [1.29, 1.82) is 0 Å². The molecule has 2 atom stereocenters. The molecule has 0 aromatic rings. The molecule has 1 N–H and O–H groups in total. The van der Waals surface area contributed by atoms with Crippen molar-refractivity contribution >= 4 is 5.97 Å². The fraction of sp³-hybridized carbons (Fsp3) is 0.583. The van der Waals surface area contributed by atoms with E-state index >= 15 is 0 Å². The number of rotatable bonds is 4. The first-order chi connectivity index (χ1) is 6.63. The van der Waals surface area contributed by atoms with E-state index in [1.54, 1.807) is 0 Å². The zero-order chi connectivity index (χ0) is 10.6. The lowest BCUT2D eigenvalue weighted by molar-refractivity contribution is -0.132. The third-order valence-corrected chi connectivity index (χ3v) is 2.99. The molecule has 0 saturated heterocycles. The second-order valence-corrected chi connectivity index (χ2v) is 4.14. The smallest absolute Gasteiger partial charge is 0.330 e. The van der Waals surface area contributed by atoms with E-state index in [1.807, 2.05) is 6.08 Å². The fourth-order valence-corrected chi connectivity index (χ4v) is 2.17. The molecule has 1 saturated carbocycles. The topological polar surface area (TPSA) is 37.3 Å². The van der Waals surface area contributed by atoms with Crippen molar-refractivity contribution in [3.05, 3.63) is 24.8 Å². The maximum Gasteiger partial charge on any atom is 0.330 e. The summed E-state index contributed by atoms with van der Waals surface area (Å²) in [4.78, 5) is 10.6. The first-order valence-electron chi connectivity index (χ1n) is 5.17. The van der Waals surface area contributed by atoms with Crippen LogP contribution < -0.4 is 0 Å². The van der Waals surface area contributed by atoms with Gasteiger partial charge in [0.1, 0.15) is 0 Å². The molecule has 1 aliphatic rings. The van der Waals surface area contributed by atoms with E-state index in [9.17, 15) is 4.79 Å². The number of allylic oxidation sites excluding steroid dienone is 1. The molecule has 2 heteroatoms. The van der Waals surface area contributed by atoms with Crippen LogP contribution in [0.1, 0.15) is 32.1 Å². The van der Waals surface area contributed by atoms with Crippen LogP contribution >= 0.6 is 0 Å². The highest BCUT2D eigenvalue weighted by atomic mass is 16.4. The van der Waals surface area contributed by atoms with Gasteiger partial charge in [0.2, 0.25) is 0 Å². The minimum atomic E-state index is -0.856. The Balaban J connectivity index is 2.41. The molecule has 78 valence electrons. The van der Waals surface area contributed by atoms with E-state index < -0.39 is 5.97 Å². The summed E-state index contributed by atoms with van der Waals surface area (Å²) in [6.45, 7) is 7.37. The van der Waals surface area contributed by atoms with Gasteiger partial charge in [-0.25, -0.2) is 4.79 Å². The highest BCUT2D eigenvalue weighted by Gasteiger charge is 2.21. The molecule has 0 bridgehead atoms. The molecular formula is C12H18O2. The number of carboxylic acid groups (broad SMARTS) is 1. The number of hydrogen-bond donors (Lipinski definition) is 1. The van der Waals surface area contributed by atoms with Gasteiger partial charge >= 0.3 is 5.97 Å². The van der Waals surface area contributed by atoms with Crippen LogP contribution in [0.4, 0.5) is 0 Å². The average molecular weight is 194 g/mol. The van der Waals surface area contributed by atoms with Gasteiger partial charge in [-0.15, -0.1) is 6.58 Å². The molecule has 0 aliphatic heterocycles. The Kier molecular flexibility index (Phi) is 3.93. The highest BCUT2D eigenvalue weighted by Crippen LogP contribution is 2.33. The van der Waals surface area contributed by atoms with Gasteiger partial charge in [0.15, 0.2) is 0 Å². The number of aliphatic carboxylic acids is 1. The van der Waals surface area contributed by atoms with E-state index in [-0.39, 0.29) is 0 Å². The predicted molar refractivity (Wildman–Crippen MR) is 57.0 cm³/mol. The first-order valence-corrected chi connectivity index (χ1v) is 5.17. The van der Waals surface area contributed by atoms with Gasteiger partial charge in [0, 0.05) is 5.57 Å². The summed E-state index contributed by atoms with van der Waals surface area (Å²) in [5.74, 6) is 0.219. The first kappa shape index (κ1) is 11.0. The molecular weight excluding hydrogens is 176 g/mol. The van der Waals surface area contributed by atoms with Gasteiger partial charge in [-0.05, 0) is 31.1 Å². The van der Waals surface area contributed by atoms with Crippen LogP contribution in [0.5, 0.6) is 0 Å². The quantitative estimate of drug-likeness (QED) is 0.551. The predicted octanol–water partition coefficient (Wildman–Crippen LogP) is 3.01. The van der Waals surface area contributed by atoms with Crippen molar-refractivity contribution < 1.29 is 9.90 Å². The van der Waals surface area contributed by atoms with E-state index in [4.69, 9.17) is 5.11 Å². The molecule has 0 aromatic carbocycles. The summed E-state index contributed by atoms with van der Waals surface area (Å²) in [6.07, 6.45) is 7.25. The van der Waals surface area contributed by atoms with Crippen molar-refractivity contribution in [2.75, 3.05) is 0 Å². The van der Waals surface area contributed by atoms with Crippen molar-refractivity contribution in [2.24, 2.45) is 11.8 Å². The van der Waals surface area contributed by atoms with E-state index in [2.05, 4.69) is 13.2 Å². The van der Waals surface area contributed by atoms with Crippen molar-refractivity contribution in [1.82, 2.24) is 0 Å². The lowest BCUT2D eigenvalue weighted by Crippen LogP contribution is -2.16. The second kappa shape index (κ2) is 4.99. The molecule has 0 aromatic heterocycles. The Morgan fingerprint density at radius 3 is 2.79 bits per heavy atom. The van der Waals surface area contributed by atoms with Crippen LogP contribution in [0.15, 0.2) is 24.8 Å². The number of hydrogen-bond acceptors (Lipinski definition) is 1. The molecule has 0 spiro atoms. The summed E-state index contributed by atoms with van der Waals surface area (Å²) in [5, 5.41) is 8.72. The minimum absolute atomic E-state index is 0.347. The third kappa shape index (κ3) is 3.02. The minimum Gasteiger partial charge on any atom is -0.478 e. The van der Waals surface area contributed by atoms with Gasteiger partial charge in [0.25, 0.3) is 0 Å².